The largest absolute Gasteiger partial charge is 0.497 e. The van der Waals surface area contributed by atoms with Crippen LogP contribution in [0.4, 0.5) is 0 Å². The fraction of sp³-hybridized carbons (Fsp3) is 0.0588. The maximum Gasteiger partial charge on any atom is 0.386 e. The van der Waals surface area contributed by atoms with Crippen molar-refractivity contribution in [3.63, 3.8) is 0 Å². The molecule has 4 nitrogen and oxygen atoms in total. The maximum absolute atomic E-state index is 9.26. The molecule has 0 fully saturated rings. The lowest BCUT2D eigenvalue weighted by Gasteiger charge is -2.04. The van der Waals surface area contributed by atoms with Crippen molar-refractivity contribution in [3.05, 3.63) is 72.3 Å². The van der Waals surface area contributed by atoms with E-state index in [-0.39, 0.29) is 0 Å². The molecule has 0 N–H and O–H groups in total. The molecule has 0 amide bonds. The Kier molecular flexibility index (Phi) is 4.19. The van der Waals surface area contributed by atoms with E-state index in [0.29, 0.717) is 5.75 Å². The third-order valence-corrected chi connectivity index (χ3v) is 4.41. The van der Waals surface area contributed by atoms with Crippen LogP contribution < -0.4 is 13.1 Å². The monoisotopic (exact) mass is 310 g/mol. The van der Waals surface area contributed by atoms with Gasteiger partial charge in [-0.3, -0.25) is 0 Å². The summed E-state index contributed by atoms with van der Waals surface area (Å²) >= 11 is 0. The molecular weight excluding hydrogens is 296 g/mol. The predicted octanol–water partition coefficient (Wildman–Crippen LogP) is 4.09. The topological polar surface area (TPSA) is 54.9 Å². The minimum atomic E-state index is -1.07. The van der Waals surface area contributed by atoms with Crippen molar-refractivity contribution in [2.45, 2.75) is 4.90 Å². The van der Waals surface area contributed by atoms with E-state index in [2.05, 4.69) is 4.16 Å². The van der Waals surface area contributed by atoms with E-state index in [0.717, 1.165) is 21.4 Å². The third kappa shape index (κ3) is 3.01. The summed E-state index contributed by atoms with van der Waals surface area (Å²) in [6.07, 6.45) is 0. The molecular formula is C17H14N2O2S. The van der Waals surface area contributed by atoms with E-state index in [9.17, 15) is 5.53 Å². The lowest BCUT2D eigenvalue weighted by Crippen LogP contribution is -2.03. The molecule has 0 spiro atoms. The summed E-state index contributed by atoms with van der Waals surface area (Å²) in [5, 5.41) is 2.22. The van der Waals surface area contributed by atoms with Gasteiger partial charge in [0.05, 0.1) is 7.11 Å². The molecule has 3 aromatic rings. The molecule has 0 heterocycles. The molecule has 3 rings (SSSR count). The Morgan fingerprint density at radius 1 is 0.864 bits per heavy atom. The molecule has 5 heteroatoms. The first kappa shape index (κ1) is 14.3. The Labute approximate surface area is 131 Å². The van der Waals surface area contributed by atoms with Gasteiger partial charge in [-0.2, -0.15) is 0 Å². The van der Waals surface area contributed by atoms with Gasteiger partial charge in [0.1, 0.15) is 16.4 Å². The van der Waals surface area contributed by atoms with Crippen molar-refractivity contribution in [1.29, 1.82) is 0 Å². The zero-order valence-corrected chi connectivity index (χ0v) is 12.8. The fourth-order valence-electron chi connectivity index (χ4n) is 2.11. The molecule has 0 radical (unpaired) electrons. The summed E-state index contributed by atoms with van der Waals surface area (Å²) in [6.45, 7) is 0. The smallest absolute Gasteiger partial charge is 0.386 e. The van der Waals surface area contributed by atoms with E-state index in [1.165, 1.54) is 0 Å². The van der Waals surface area contributed by atoms with Crippen LogP contribution in [0.1, 0.15) is 0 Å². The first-order valence-electron chi connectivity index (χ1n) is 6.71. The van der Waals surface area contributed by atoms with Gasteiger partial charge in [0.25, 0.3) is 0 Å². The number of hydrogen-bond acceptors (Lipinski definition) is 2. The highest BCUT2D eigenvalue weighted by Crippen LogP contribution is 2.23. The van der Waals surface area contributed by atoms with Gasteiger partial charge in [-0.1, -0.05) is 34.5 Å². The number of rotatable bonds is 4. The lowest BCUT2D eigenvalue weighted by molar-refractivity contribution is 0.414. The van der Waals surface area contributed by atoms with Crippen molar-refractivity contribution < 1.29 is 8.92 Å². The van der Waals surface area contributed by atoms with E-state index in [1.807, 2.05) is 66.7 Å². The van der Waals surface area contributed by atoms with Crippen LogP contribution in [0.3, 0.4) is 0 Å². The normalized spacial score (nSPS) is 11.7. The van der Waals surface area contributed by atoms with Crippen LogP contribution in [-0.2, 0) is 11.0 Å². The van der Waals surface area contributed by atoms with E-state index in [4.69, 9.17) is 8.92 Å². The molecule has 1 unspecified atom stereocenters. The molecule has 0 aromatic heterocycles. The molecule has 0 saturated carbocycles. The lowest BCUT2D eigenvalue weighted by atomic mass is 10.1. The highest BCUT2D eigenvalue weighted by atomic mass is 32.2. The van der Waals surface area contributed by atoms with Gasteiger partial charge in [-0.15, -0.1) is 0 Å². The zero-order valence-electron chi connectivity index (χ0n) is 12.0. The SMILES string of the molecule is COc1ccc(S(=[N+]=[N-])Oc2ccc3ccccc3c2)cc1. The maximum atomic E-state index is 9.26. The highest BCUT2D eigenvalue weighted by molar-refractivity contribution is 7.82. The van der Waals surface area contributed by atoms with Gasteiger partial charge in [0.15, 0.2) is 0 Å². The molecule has 0 aliphatic rings. The van der Waals surface area contributed by atoms with E-state index in [1.54, 1.807) is 7.11 Å². The van der Waals surface area contributed by atoms with Crippen LogP contribution in [0, 0.1) is 0 Å². The molecule has 0 bridgehead atoms. The minimum absolute atomic E-state index is 0.663. The summed E-state index contributed by atoms with van der Waals surface area (Å²) in [5.74, 6) is 1.41. The second-order valence-corrected chi connectivity index (χ2v) is 5.90. The summed E-state index contributed by atoms with van der Waals surface area (Å²) in [5.41, 5.74) is 9.26. The van der Waals surface area contributed by atoms with Gasteiger partial charge in [-0.05, 0) is 47.2 Å². The first-order valence-corrected chi connectivity index (χ1v) is 7.81. The molecule has 1 atom stereocenters. The number of nitrogens with zero attached hydrogens (tertiary/aromatic N) is 2. The Balaban J connectivity index is 1.89. The number of ether oxygens (including phenoxy) is 1. The summed E-state index contributed by atoms with van der Waals surface area (Å²) in [4.78, 5) is 0.774. The second-order valence-electron chi connectivity index (χ2n) is 4.60. The van der Waals surface area contributed by atoms with Crippen LogP contribution in [-0.4, -0.2) is 7.11 Å². The highest BCUT2D eigenvalue weighted by Gasteiger charge is 2.13. The Morgan fingerprint density at radius 3 is 2.23 bits per heavy atom. The van der Waals surface area contributed by atoms with E-state index < -0.39 is 11.0 Å². The van der Waals surface area contributed by atoms with Crippen molar-refractivity contribution in [1.82, 2.24) is 4.16 Å². The predicted molar refractivity (Wildman–Crippen MR) is 88.7 cm³/mol. The second kappa shape index (κ2) is 6.43. The number of benzene rings is 3. The molecule has 0 aliphatic heterocycles. The average Bonchev–Trinajstić information content (AvgIpc) is 2.59. The van der Waals surface area contributed by atoms with Crippen molar-refractivity contribution in [3.8, 4) is 11.5 Å². The standard InChI is InChI=1S/C17H14N2O2S/c1-20-15-8-10-17(11-9-15)22(19-18)21-16-7-6-13-4-2-3-5-14(13)12-16/h2-12H,1H3. The van der Waals surface area contributed by atoms with Crippen molar-refractivity contribution in [2.24, 2.45) is 0 Å². The molecule has 110 valence electrons. The first-order chi connectivity index (χ1) is 10.8. The minimum Gasteiger partial charge on any atom is -0.497 e. The van der Waals surface area contributed by atoms with Crippen LogP contribution in [0.15, 0.2) is 71.6 Å². The van der Waals surface area contributed by atoms with Gasteiger partial charge < -0.3 is 14.5 Å². The number of methoxy groups -OCH3 is 1. The molecule has 3 aromatic carbocycles. The molecule has 22 heavy (non-hydrogen) atoms. The van der Waals surface area contributed by atoms with Gasteiger partial charge in [-0.25, -0.2) is 0 Å². The van der Waals surface area contributed by atoms with Crippen LogP contribution >= 0.6 is 0 Å². The summed E-state index contributed by atoms with van der Waals surface area (Å²) < 4.78 is 14.3. The molecule has 0 saturated heterocycles. The van der Waals surface area contributed by atoms with Gasteiger partial charge in [0.2, 0.25) is 0 Å². The van der Waals surface area contributed by atoms with Crippen molar-refractivity contribution >= 4 is 21.7 Å². The average molecular weight is 310 g/mol. The molecule has 0 aliphatic carbocycles. The Bertz CT molecular complexity index is 856. The number of fused-ring (bicyclic) bond motifs is 1. The number of hydrogen-bond donors (Lipinski definition) is 0. The van der Waals surface area contributed by atoms with Crippen LogP contribution in [0.2, 0.25) is 0 Å². The third-order valence-electron chi connectivity index (χ3n) is 3.23. The fourth-order valence-corrected chi connectivity index (χ4v) is 2.99. The Morgan fingerprint density at radius 2 is 1.55 bits per heavy atom. The van der Waals surface area contributed by atoms with Gasteiger partial charge >= 0.3 is 11.0 Å². The Hall–Kier alpha value is -2.62. The van der Waals surface area contributed by atoms with Crippen LogP contribution in [0.5, 0.6) is 11.5 Å². The quantitative estimate of drug-likeness (QED) is 0.538. The summed E-state index contributed by atoms with van der Waals surface area (Å²) in [7, 11) is 0.534. The van der Waals surface area contributed by atoms with Crippen LogP contribution in [0.25, 0.3) is 16.3 Å². The van der Waals surface area contributed by atoms with Crippen molar-refractivity contribution in [2.75, 3.05) is 7.11 Å². The van der Waals surface area contributed by atoms with E-state index >= 15 is 0 Å². The van der Waals surface area contributed by atoms with Gasteiger partial charge in [0, 0.05) is 0 Å². The zero-order chi connectivity index (χ0) is 15.4. The summed E-state index contributed by atoms with van der Waals surface area (Å²) in [6, 6.07) is 21.1.